The predicted octanol–water partition coefficient (Wildman–Crippen LogP) is 1.82. The van der Waals surface area contributed by atoms with Crippen LogP contribution in [0.3, 0.4) is 0 Å². The van der Waals surface area contributed by atoms with Crippen LogP contribution in [0.4, 0.5) is 5.69 Å². The molecule has 1 aromatic carbocycles. The molecule has 0 amide bonds. The zero-order valence-corrected chi connectivity index (χ0v) is 10.9. The summed E-state index contributed by atoms with van der Waals surface area (Å²) in [7, 11) is 0. The van der Waals surface area contributed by atoms with Crippen molar-refractivity contribution in [1.29, 1.82) is 0 Å². The van der Waals surface area contributed by atoms with Crippen LogP contribution in [0, 0.1) is 6.92 Å². The fourth-order valence-corrected chi connectivity index (χ4v) is 1.76. The topological polar surface area (TPSA) is 65.4 Å². The molecule has 1 atom stereocenters. The highest BCUT2D eigenvalue weighted by molar-refractivity contribution is 5.62. The van der Waals surface area contributed by atoms with E-state index in [1.807, 2.05) is 49.4 Å². The van der Waals surface area contributed by atoms with Crippen molar-refractivity contribution in [2.75, 3.05) is 18.5 Å². The monoisotopic (exact) mass is 258 g/mol. The first-order valence-electron chi connectivity index (χ1n) is 6.26. The number of pyridine rings is 1. The number of hydrogen-bond acceptors (Lipinski definition) is 4. The Balaban J connectivity index is 2.06. The first-order valence-corrected chi connectivity index (χ1v) is 6.26. The van der Waals surface area contributed by atoms with Crippen LogP contribution in [0.25, 0.3) is 11.3 Å². The quantitative estimate of drug-likeness (QED) is 0.765. The zero-order chi connectivity index (χ0) is 13.7. The van der Waals surface area contributed by atoms with Gasteiger partial charge in [-0.05, 0) is 31.2 Å². The molecule has 0 aliphatic carbocycles. The fraction of sp³-hybridized carbons (Fsp3) is 0.267. The Kier molecular flexibility index (Phi) is 4.49. The van der Waals surface area contributed by atoms with E-state index in [-0.39, 0.29) is 6.61 Å². The van der Waals surface area contributed by atoms with Crippen molar-refractivity contribution in [3.05, 3.63) is 48.2 Å². The number of hydrogen-bond donors (Lipinski definition) is 3. The van der Waals surface area contributed by atoms with Crippen LogP contribution >= 0.6 is 0 Å². The molecule has 0 aliphatic rings. The lowest BCUT2D eigenvalue weighted by Gasteiger charge is -2.10. The van der Waals surface area contributed by atoms with Crippen molar-refractivity contribution in [3.63, 3.8) is 0 Å². The molecule has 3 N–H and O–H groups in total. The summed E-state index contributed by atoms with van der Waals surface area (Å²) in [4.78, 5) is 4.47. The summed E-state index contributed by atoms with van der Waals surface area (Å²) in [5.74, 6) is 0. The molecule has 0 radical (unpaired) electrons. The van der Waals surface area contributed by atoms with Gasteiger partial charge in [-0.3, -0.25) is 4.98 Å². The van der Waals surface area contributed by atoms with Gasteiger partial charge in [0.1, 0.15) is 0 Å². The number of aliphatic hydroxyl groups is 2. The Bertz CT molecular complexity index is 526. The maximum atomic E-state index is 9.26. The van der Waals surface area contributed by atoms with E-state index >= 15 is 0 Å². The number of aliphatic hydroxyl groups excluding tert-OH is 2. The van der Waals surface area contributed by atoms with E-state index in [2.05, 4.69) is 10.3 Å². The molecular formula is C15H18N2O2. The van der Waals surface area contributed by atoms with Crippen LogP contribution in [-0.2, 0) is 0 Å². The van der Waals surface area contributed by atoms with E-state index < -0.39 is 6.10 Å². The van der Waals surface area contributed by atoms with Gasteiger partial charge in [0, 0.05) is 23.5 Å². The van der Waals surface area contributed by atoms with Gasteiger partial charge in [-0.2, -0.15) is 0 Å². The van der Waals surface area contributed by atoms with Crippen LogP contribution < -0.4 is 5.32 Å². The molecule has 1 heterocycles. The second-order valence-electron chi connectivity index (χ2n) is 4.46. The highest BCUT2D eigenvalue weighted by atomic mass is 16.3. The molecular weight excluding hydrogens is 240 g/mol. The maximum Gasteiger partial charge on any atom is 0.0942 e. The Labute approximate surface area is 112 Å². The number of aryl methyl sites for hydroxylation is 1. The third-order valence-corrected chi connectivity index (χ3v) is 2.82. The van der Waals surface area contributed by atoms with Crippen molar-refractivity contribution in [2.24, 2.45) is 0 Å². The molecule has 0 spiro atoms. The van der Waals surface area contributed by atoms with Gasteiger partial charge >= 0.3 is 0 Å². The Morgan fingerprint density at radius 2 is 1.89 bits per heavy atom. The van der Waals surface area contributed by atoms with Gasteiger partial charge in [-0.15, -0.1) is 0 Å². The highest BCUT2D eigenvalue weighted by Crippen LogP contribution is 2.19. The molecule has 100 valence electrons. The minimum atomic E-state index is -0.738. The first-order chi connectivity index (χ1) is 9.19. The van der Waals surface area contributed by atoms with E-state index in [0.717, 1.165) is 22.6 Å². The second-order valence-corrected chi connectivity index (χ2v) is 4.46. The zero-order valence-electron chi connectivity index (χ0n) is 10.9. The summed E-state index contributed by atoms with van der Waals surface area (Å²) in [6.07, 6.45) is -0.738. The van der Waals surface area contributed by atoms with E-state index in [1.165, 1.54) is 0 Å². The number of anilines is 1. The number of nitrogens with one attached hydrogen (secondary N) is 1. The lowest BCUT2D eigenvalue weighted by atomic mass is 10.1. The van der Waals surface area contributed by atoms with Gasteiger partial charge in [0.15, 0.2) is 0 Å². The van der Waals surface area contributed by atoms with Crippen LogP contribution in [0.2, 0.25) is 0 Å². The molecule has 0 bridgehead atoms. The van der Waals surface area contributed by atoms with E-state index in [0.29, 0.717) is 6.54 Å². The second kappa shape index (κ2) is 6.31. The van der Waals surface area contributed by atoms with Crippen molar-refractivity contribution in [3.8, 4) is 11.3 Å². The number of aromatic nitrogens is 1. The molecule has 0 saturated carbocycles. The Morgan fingerprint density at radius 3 is 2.53 bits per heavy atom. The molecule has 2 rings (SSSR count). The summed E-state index contributed by atoms with van der Waals surface area (Å²) < 4.78 is 0. The molecule has 1 unspecified atom stereocenters. The summed E-state index contributed by atoms with van der Waals surface area (Å²) in [6, 6.07) is 13.8. The maximum absolute atomic E-state index is 9.26. The molecule has 4 nitrogen and oxygen atoms in total. The standard InChI is InChI=1S/C15H18N2O2/c1-11-3-2-4-15(17-11)12-5-7-13(8-6-12)16-9-14(19)10-18/h2-8,14,16,18-19H,9-10H2,1H3. The number of rotatable bonds is 5. The number of benzene rings is 1. The molecule has 19 heavy (non-hydrogen) atoms. The summed E-state index contributed by atoms with van der Waals surface area (Å²) >= 11 is 0. The van der Waals surface area contributed by atoms with Crippen molar-refractivity contribution in [1.82, 2.24) is 4.98 Å². The van der Waals surface area contributed by atoms with Gasteiger partial charge < -0.3 is 15.5 Å². The van der Waals surface area contributed by atoms with Gasteiger partial charge in [-0.25, -0.2) is 0 Å². The Morgan fingerprint density at radius 1 is 1.16 bits per heavy atom. The molecule has 2 aromatic rings. The fourth-order valence-electron chi connectivity index (χ4n) is 1.76. The van der Waals surface area contributed by atoms with Gasteiger partial charge in [0.05, 0.1) is 18.4 Å². The van der Waals surface area contributed by atoms with Crippen molar-refractivity contribution >= 4 is 5.69 Å². The van der Waals surface area contributed by atoms with Crippen LogP contribution in [0.15, 0.2) is 42.5 Å². The van der Waals surface area contributed by atoms with Crippen LogP contribution in [0.5, 0.6) is 0 Å². The van der Waals surface area contributed by atoms with Gasteiger partial charge in [-0.1, -0.05) is 18.2 Å². The lowest BCUT2D eigenvalue weighted by molar-refractivity contribution is 0.105. The SMILES string of the molecule is Cc1cccc(-c2ccc(NCC(O)CO)cc2)n1. The van der Waals surface area contributed by atoms with E-state index in [4.69, 9.17) is 5.11 Å². The summed E-state index contributed by atoms with van der Waals surface area (Å²) in [5, 5.41) is 21.0. The molecule has 4 heteroatoms. The third-order valence-electron chi connectivity index (χ3n) is 2.82. The predicted molar refractivity (Wildman–Crippen MR) is 76.0 cm³/mol. The van der Waals surface area contributed by atoms with Gasteiger partial charge in [0.25, 0.3) is 0 Å². The average molecular weight is 258 g/mol. The average Bonchev–Trinajstić information content (AvgIpc) is 2.45. The summed E-state index contributed by atoms with van der Waals surface area (Å²) in [6.45, 7) is 2.06. The van der Waals surface area contributed by atoms with Crippen LogP contribution in [-0.4, -0.2) is 34.5 Å². The van der Waals surface area contributed by atoms with Crippen molar-refractivity contribution < 1.29 is 10.2 Å². The van der Waals surface area contributed by atoms with E-state index in [9.17, 15) is 5.11 Å². The summed E-state index contributed by atoms with van der Waals surface area (Å²) in [5.41, 5.74) is 3.90. The number of nitrogens with zero attached hydrogens (tertiary/aromatic N) is 1. The van der Waals surface area contributed by atoms with Crippen molar-refractivity contribution in [2.45, 2.75) is 13.0 Å². The van der Waals surface area contributed by atoms with Gasteiger partial charge in [0.2, 0.25) is 0 Å². The molecule has 0 saturated heterocycles. The minimum absolute atomic E-state index is 0.238. The first kappa shape index (κ1) is 13.5. The lowest BCUT2D eigenvalue weighted by Crippen LogP contribution is -2.22. The third kappa shape index (κ3) is 3.77. The Hall–Kier alpha value is -1.91. The highest BCUT2D eigenvalue weighted by Gasteiger charge is 2.02. The largest absolute Gasteiger partial charge is 0.394 e. The normalized spacial score (nSPS) is 12.2. The molecule has 1 aromatic heterocycles. The molecule has 0 aliphatic heterocycles. The molecule has 0 fully saturated rings. The smallest absolute Gasteiger partial charge is 0.0942 e. The van der Waals surface area contributed by atoms with E-state index in [1.54, 1.807) is 0 Å². The van der Waals surface area contributed by atoms with Crippen LogP contribution in [0.1, 0.15) is 5.69 Å². The minimum Gasteiger partial charge on any atom is -0.394 e.